The molecule has 6 heteroatoms. The first-order valence-electron chi connectivity index (χ1n) is 9.11. The number of nitrogens with one attached hydrogen (secondary N) is 2. The number of imide groups is 1. The predicted molar refractivity (Wildman–Crippen MR) is 95.7 cm³/mol. The zero-order valence-corrected chi connectivity index (χ0v) is 14.9. The highest BCUT2D eigenvalue weighted by atomic mass is 19.1. The van der Waals surface area contributed by atoms with Crippen molar-refractivity contribution in [3.8, 4) is 0 Å². The summed E-state index contributed by atoms with van der Waals surface area (Å²) in [6.45, 7) is 4.52. The van der Waals surface area contributed by atoms with Crippen molar-refractivity contribution in [2.24, 2.45) is 5.92 Å². The quantitative estimate of drug-likeness (QED) is 0.744. The lowest BCUT2D eigenvalue weighted by atomic mass is 9.90. The Morgan fingerprint density at radius 1 is 1.28 bits per heavy atom. The molecule has 0 radical (unpaired) electrons. The molecule has 2 N–H and O–H groups in total. The number of unbranched alkanes of at least 4 members (excludes halogenated alkanes) is 1. The van der Waals surface area contributed by atoms with Crippen LogP contribution in [0.5, 0.6) is 0 Å². The van der Waals surface area contributed by atoms with E-state index in [0.717, 1.165) is 50.8 Å². The van der Waals surface area contributed by atoms with Crippen molar-refractivity contribution >= 4 is 11.9 Å². The minimum Gasteiger partial charge on any atom is -0.338 e. The number of rotatable bonds is 7. The number of urea groups is 1. The zero-order valence-electron chi connectivity index (χ0n) is 14.9. The molecule has 0 bridgehead atoms. The van der Waals surface area contributed by atoms with E-state index in [-0.39, 0.29) is 18.3 Å². The molecule has 0 spiro atoms. The van der Waals surface area contributed by atoms with Crippen molar-refractivity contribution in [1.82, 2.24) is 15.5 Å². The van der Waals surface area contributed by atoms with Crippen LogP contribution in [0.3, 0.4) is 0 Å². The second-order valence-electron chi connectivity index (χ2n) is 6.71. The summed E-state index contributed by atoms with van der Waals surface area (Å²) < 4.78 is 13.2. The van der Waals surface area contributed by atoms with Gasteiger partial charge in [0.25, 0.3) is 0 Å². The lowest BCUT2D eigenvalue weighted by Gasteiger charge is -2.31. The Hall–Kier alpha value is -1.95. The molecule has 1 aliphatic rings. The van der Waals surface area contributed by atoms with E-state index in [0.29, 0.717) is 12.5 Å². The molecular weight excluding hydrogens is 321 g/mol. The first-order valence-corrected chi connectivity index (χ1v) is 9.11. The van der Waals surface area contributed by atoms with Crippen LogP contribution in [0.2, 0.25) is 0 Å². The van der Waals surface area contributed by atoms with E-state index in [2.05, 4.69) is 15.5 Å². The average molecular weight is 349 g/mol. The Kier molecular flexibility index (Phi) is 7.85. The molecule has 0 aromatic heterocycles. The monoisotopic (exact) mass is 349 g/mol. The van der Waals surface area contributed by atoms with Gasteiger partial charge < -0.3 is 5.32 Å². The first kappa shape index (κ1) is 19.4. The van der Waals surface area contributed by atoms with E-state index in [1.807, 2.05) is 13.0 Å². The number of halogens is 1. The third-order valence-corrected chi connectivity index (χ3v) is 4.56. The van der Waals surface area contributed by atoms with Crippen molar-refractivity contribution in [2.45, 2.75) is 39.0 Å². The van der Waals surface area contributed by atoms with Gasteiger partial charge >= 0.3 is 6.03 Å². The largest absolute Gasteiger partial charge is 0.338 e. The summed E-state index contributed by atoms with van der Waals surface area (Å²) in [6.07, 6.45) is 4.73. The number of likely N-dealkylation sites (tertiary alicyclic amines) is 1. The number of carbonyl (C=O) groups excluding carboxylic acids is 2. The molecule has 1 aromatic rings. The van der Waals surface area contributed by atoms with Gasteiger partial charge in [0, 0.05) is 6.54 Å². The van der Waals surface area contributed by atoms with Gasteiger partial charge in [-0.05, 0) is 62.4 Å². The highest BCUT2D eigenvalue weighted by molar-refractivity contribution is 5.95. The smallest absolute Gasteiger partial charge is 0.321 e. The molecule has 138 valence electrons. The van der Waals surface area contributed by atoms with Crippen LogP contribution in [-0.2, 0) is 11.2 Å². The van der Waals surface area contributed by atoms with Crippen LogP contribution in [-0.4, -0.2) is 43.0 Å². The zero-order chi connectivity index (χ0) is 18.1. The Labute approximate surface area is 149 Å². The molecule has 2 rings (SSSR count). The fraction of sp³-hybridized carbons (Fsp3) is 0.579. The van der Waals surface area contributed by atoms with Crippen LogP contribution in [0, 0.1) is 11.7 Å². The number of carbonyl (C=O) groups is 2. The minimum atomic E-state index is -0.417. The number of hydrogen-bond donors (Lipinski definition) is 2. The summed E-state index contributed by atoms with van der Waals surface area (Å²) in [4.78, 5) is 25.5. The minimum absolute atomic E-state index is 0.191. The van der Waals surface area contributed by atoms with Crippen LogP contribution in [0.25, 0.3) is 0 Å². The van der Waals surface area contributed by atoms with Crippen LogP contribution >= 0.6 is 0 Å². The summed E-state index contributed by atoms with van der Waals surface area (Å²) in [7, 11) is 0. The highest BCUT2D eigenvalue weighted by Gasteiger charge is 2.21. The number of benzene rings is 1. The molecule has 1 aromatic carbocycles. The molecule has 1 saturated heterocycles. The molecule has 0 atom stereocenters. The van der Waals surface area contributed by atoms with Crippen molar-refractivity contribution in [3.63, 3.8) is 0 Å². The maximum atomic E-state index is 13.2. The van der Waals surface area contributed by atoms with Gasteiger partial charge in [-0.15, -0.1) is 0 Å². The standard InChI is InChI=1S/C19H28FN3O2/c1-2-3-9-21-19(25)22-18(24)14-23-10-7-15(8-11-23)12-16-5-4-6-17(20)13-16/h4-6,13,15H,2-3,7-12,14H2,1H3,(H2,21,22,24,25). The fourth-order valence-corrected chi connectivity index (χ4v) is 3.14. The molecule has 0 unspecified atom stereocenters. The van der Waals surface area contributed by atoms with Gasteiger partial charge in [-0.1, -0.05) is 25.5 Å². The number of piperidine rings is 1. The molecule has 1 aliphatic heterocycles. The number of amides is 3. The first-order chi connectivity index (χ1) is 12.1. The second kappa shape index (κ2) is 10.1. The van der Waals surface area contributed by atoms with Gasteiger partial charge in [-0.3, -0.25) is 15.0 Å². The van der Waals surface area contributed by atoms with Gasteiger partial charge in [-0.2, -0.15) is 0 Å². The predicted octanol–water partition coefficient (Wildman–Crippen LogP) is 2.71. The SMILES string of the molecule is CCCCNC(=O)NC(=O)CN1CCC(Cc2cccc(F)c2)CC1. The summed E-state index contributed by atoms with van der Waals surface area (Å²) in [5.74, 6) is 0.0554. The Balaban J connectivity index is 1.66. The van der Waals surface area contributed by atoms with Crippen LogP contribution in [0.4, 0.5) is 9.18 Å². The van der Waals surface area contributed by atoms with E-state index >= 15 is 0 Å². The number of hydrogen-bond acceptors (Lipinski definition) is 3. The van der Waals surface area contributed by atoms with Crippen molar-refractivity contribution in [1.29, 1.82) is 0 Å². The van der Waals surface area contributed by atoms with Crippen molar-refractivity contribution in [3.05, 3.63) is 35.6 Å². The fourth-order valence-electron chi connectivity index (χ4n) is 3.14. The molecule has 3 amide bonds. The average Bonchev–Trinajstić information content (AvgIpc) is 2.57. The summed E-state index contributed by atoms with van der Waals surface area (Å²) >= 11 is 0. The molecule has 5 nitrogen and oxygen atoms in total. The van der Waals surface area contributed by atoms with Gasteiger partial charge in [0.2, 0.25) is 5.91 Å². The summed E-state index contributed by atoms with van der Waals surface area (Å²) in [6, 6.07) is 6.34. The van der Waals surface area contributed by atoms with Crippen molar-refractivity contribution in [2.75, 3.05) is 26.2 Å². The third kappa shape index (κ3) is 7.22. The van der Waals surface area contributed by atoms with E-state index in [1.165, 1.54) is 6.07 Å². The maximum absolute atomic E-state index is 13.2. The Morgan fingerprint density at radius 3 is 2.72 bits per heavy atom. The Morgan fingerprint density at radius 2 is 2.04 bits per heavy atom. The highest BCUT2D eigenvalue weighted by Crippen LogP contribution is 2.21. The molecule has 1 fully saturated rings. The molecule has 1 heterocycles. The van der Waals surface area contributed by atoms with Crippen molar-refractivity contribution < 1.29 is 14.0 Å². The topological polar surface area (TPSA) is 61.4 Å². The van der Waals surface area contributed by atoms with E-state index < -0.39 is 6.03 Å². The Bertz CT molecular complexity index is 572. The van der Waals surface area contributed by atoms with E-state index in [4.69, 9.17) is 0 Å². The lowest BCUT2D eigenvalue weighted by Crippen LogP contribution is -2.46. The lowest BCUT2D eigenvalue weighted by molar-refractivity contribution is -0.121. The molecule has 0 saturated carbocycles. The van der Waals surface area contributed by atoms with E-state index in [1.54, 1.807) is 12.1 Å². The van der Waals surface area contributed by atoms with Crippen LogP contribution < -0.4 is 10.6 Å². The molecule has 25 heavy (non-hydrogen) atoms. The second-order valence-corrected chi connectivity index (χ2v) is 6.71. The maximum Gasteiger partial charge on any atom is 0.321 e. The number of nitrogens with zero attached hydrogens (tertiary/aromatic N) is 1. The van der Waals surface area contributed by atoms with Gasteiger partial charge in [-0.25, -0.2) is 9.18 Å². The van der Waals surface area contributed by atoms with Crippen LogP contribution in [0.1, 0.15) is 38.2 Å². The van der Waals surface area contributed by atoms with Gasteiger partial charge in [0.05, 0.1) is 6.54 Å². The molecule has 0 aliphatic carbocycles. The normalized spacial score (nSPS) is 15.8. The van der Waals surface area contributed by atoms with Gasteiger partial charge in [0.15, 0.2) is 0 Å². The van der Waals surface area contributed by atoms with E-state index in [9.17, 15) is 14.0 Å². The van der Waals surface area contributed by atoms with Crippen LogP contribution in [0.15, 0.2) is 24.3 Å². The third-order valence-electron chi connectivity index (χ3n) is 4.56. The summed E-state index contributed by atoms with van der Waals surface area (Å²) in [5, 5.41) is 5.04. The van der Waals surface area contributed by atoms with Gasteiger partial charge in [0.1, 0.15) is 5.82 Å². The molecular formula is C19H28FN3O2. The summed E-state index contributed by atoms with van der Waals surface area (Å²) in [5.41, 5.74) is 1.03.